The van der Waals surface area contributed by atoms with Gasteiger partial charge in [0.05, 0.1) is 5.69 Å². The van der Waals surface area contributed by atoms with Gasteiger partial charge in [-0.3, -0.25) is 14.5 Å². The molecule has 1 fully saturated rings. The molecule has 1 saturated heterocycles. The number of halogens is 1. The minimum Gasteiger partial charge on any atom is -0.402 e. The van der Waals surface area contributed by atoms with Crippen molar-refractivity contribution in [2.24, 2.45) is 10.7 Å². The molecule has 3 aromatic carbocycles. The molecule has 3 aromatic rings. The second kappa shape index (κ2) is 11.2. The average Bonchev–Trinajstić information content (AvgIpc) is 2.88. The quantitative estimate of drug-likeness (QED) is 0.488. The molecule has 0 radical (unpaired) electrons. The van der Waals surface area contributed by atoms with E-state index in [9.17, 15) is 14.0 Å². The summed E-state index contributed by atoms with van der Waals surface area (Å²) in [5, 5.41) is 2.96. The highest BCUT2D eigenvalue weighted by Gasteiger charge is 2.45. The minimum atomic E-state index is -0.965. The fourth-order valence-electron chi connectivity index (χ4n) is 4.66. The Kier molecular flexibility index (Phi) is 7.82. The predicted molar refractivity (Wildman–Crippen MR) is 144 cm³/mol. The third kappa shape index (κ3) is 5.61. The van der Waals surface area contributed by atoms with E-state index in [2.05, 4.69) is 5.32 Å². The van der Waals surface area contributed by atoms with E-state index in [1.807, 2.05) is 50.2 Å². The standard InChI is InChI=1S/C30H31FN4O2/c1-4-17-35-28(33-24-11-6-5-7-12-24)25(20(3)32)26(21-13-15-23(31)16-14-21)27(30(35)37)34-29(36)22-10-8-9-19(2)18-22/h5-16,18,26-27H,4,17,32H2,1-3H3,(H,34,36)/b25-20-,33-28?/t26-,27?/m0/s1. The van der Waals surface area contributed by atoms with Crippen LogP contribution >= 0.6 is 0 Å². The van der Waals surface area contributed by atoms with E-state index >= 15 is 0 Å². The van der Waals surface area contributed by atoms with Crippen molar-refractivity contribution in [2.45, 2.75) is 39.2 Å². The number of carbonyl (C=O) groups is 2. The number of hydrogen-bond donors (Lipinski definition) is 2. The van der Waals surface area contributed by atoms with Crippen LogP contribution in [0.4, 0.5) is 10.1 Å². The summed E-state index contributed by atoms with van der Waals surface area (Å²) in [6, 6.07) is 21.5. The summed E-state index contributed by atoms with van der Waals surface area (Å²) < 4.78 is 13.9. The van der Waals surface area contributed by atoms with Crippen molar-refractivity contribution in [3.8, 4) is 0 Å². The highest BCUT2D eigenvalue weighted by Crippen LogP contribution is 2.37. The Morgan fingerprint density at radius 1 is 1.05 bits per heavy atom. The van der Waals surface area contributed by atoms with Gasteiger partial charge in [-0.1, -0.05) is 55.0 Å². The number of amidine groups is 1. The van der Waals surface area contributed by atoms with Gasteiger partial charge in [0, 0.05) is 29.3 Å². The van der Waals surface area contributed by atoms with Gasteiger partial charge in [-0.05, 0) is 62.2 Å². The van der Waals surface area contributed by atoms with E-state index in [0.29, 0.717) is 46.9 Å². The van der Waals surface area contributed by atoms with E-state index in [1.54, 1.807) is 42.2 Å². The molecule has 1 aliphatic heterocycles. The van der Waals surface area contributed by atoms with Crippen LogP contribution in [0.5, 0.6) is 0 Å². The van der Waals surface area contributed by atoms with Crippen LogP contribution in [0.2, 0.25) is 0 Å². The van der Waals surface area contributed by atoms with Crippen molar-refractivity contribution in [2.75, 3.05) is 6.54 Å². The Bertz CT molecular complexity index is 1350. The molecule has 0 bridgehead atoms. The smallest absolute Gasteiger partial charge is 0.251 e. The van der Waals surface area contributed by atoms with Crippen LogP contribution in [0.15, 0.2) is 95.1 Å². The number of carbonyl (C=O) groups excluding carboxylic acids is 2. The van der Waals surface area contributed by atoms with Crippen LogP contribution in [0, 0.1) is 12.7 Å². The molecule has 2 atom stereocenters. The Labute approximate surface area is 216 Å². The second-order valence-electron chi connectivity index (χ2n) is 9.21. The van der Waals surface area contributed by atoms with E-state index in [0.717, 1.165) is 5.56 Å². The van der Waals surface area contributed by atoms with Crippen molar-refractivity contribution in [1.82, 2.24) is 10.2 Å². The van der Waals surface area contributed by atoms with E-state index < -0.39 is 17.8 Å². The van der Waals surface area contributed by atoms with Gasteiger partial charge < -0.3 is 11.1 Å². The third-order valence-electron chi connectivity index (χ3n) is 6.33. The number of nitrogens with one attached hydrogen (secondary N) is 1. The van der Waals surface area contributed by atoms with Gasteiger partial charge in [-0.25, -0.2) is 9.38 Å². The molecule has 1 heterocycles. The van der Waals surface area contributed by atoms with E-state index in [1.165, 1.54) is 12.1 Å². The molecule has 2 amide bonds. The lowest BCUT2D eigenvalue weighted by Crippen LogP contribution is -2.59. The Balaban J connectivity index is 1.89. The summed E-state index contributed by atoms with van der Waals surface area (Å²) >= 11 is 0. The summed E-state index contributed by atoms with van der Waals surface area (Å²) in [7, 11) is 0. The predicted octanol–water partition coefficient (Wildman–Crippen LogP) is 5.23. The molecule has 1 unspecified atom stereocenters. The van der Waals surface area contributed by atoms with Crippen molar-refractivity contribution >= 4 is 23.3 Å². The molecule has 37 heavy (non-hydrogen) atoms. The molecule has 4 rings (SSSR count). The van der Waals surface area contributed by atoms with Crippen LogP contribution < -0.4 is 11.1 Å². The Morgan fingerprint density at radius 3 is 2.38 bits per heavy atom. The maximum atomic E-state index is 14.1. The molecule has 0 aromatic heterocycles. The lowest BCUT2D eigenvalue weighted by atomic mass is 9.78. The topological polar surface area (TPSA) is 87.8 Å². The number of piperidine rings is 1. The van der Waals surface area contributed by atoms with Crippen LogP contribution in [0.1, 0.15) is 47.7 Å². The molecular weight excluding hydrogens is 467 g/mol. The molecule has 0 spiro atoms. The largest absolute Gasteiger partial charge is 0.402 e. The van der Waals surface area contributed by atoms with Crippen LogP contribution in [0.25, 0.3) is 0 Å². The maximum Gasteiger partial charge on any atom is 0.251 e. The van der Waals surface area contributed by atoms with Crippen LogP contribution in [-0.2, 0) is 4.79 Å². The number of nitrogens with two attached hydrogens (primary N) is 1. The molecule has 1 aliphatic rings. The van der Waals surface area contributed by atoms with Gasteiger partial charge in [0.1, 0.15) is 17.7 Å². The van der Waals surface area contributed by atoms with E-state index in [4.69, 9.17) is 10.7 Å². The lowest BCUT2D eigenvalue weighted by molar-refractivity contribution is -0.130. The SMILES string of the molecule is CCCN1C(=O)C(NC(=O)c2cccc(C)c2)[C@@H](c2ccc(F)cc2)/C(=C(\C)N)C1=Nc1ccccc1. The highest BCUT2D eigenvalue weighted by atomic mass is 19.1. The summed E-state index contributed by atoms with van der Waals surface area (Å²) in [5.74, 6) is -1.29. The van der Waals surface area contributed by atoms with Gasteiger partial charge in [-0.2, -0.15) is 0 Å². The Morgan fingerprint density at radius 2 is 1.76 bits per heavy atom. The monoisotopic (exact) mass is 498 g/mol. The first-order chi connectivity index (χ1) is 17.8. The third-order valence-corrected chi connectivity index (χ3v) is 6.33. The van der Waals surface area contributed by atoms with Crippen molar-refractivity contribution in [1.29, 1.82) is 0 Å². The molecule has 190 valence electrons. The summed E-state index contributed by atoms with van der Waals surface area (Å²) in [4.78, 5) is 33.8. The fourth-order valence-corrected chi connectivity index (χ4v) is 4.66. The summed E-state index contributed by atoms with van der Waals surface area (Å²) in [5.41, 5.74) is 10.3. The first-order valence-electron chi connectivity index (χ1n) is 12.3. The number of aliphatic imine (C=N–C) groups is 1. The Hall–Kier alpha value is -4.26. The van der Waals surface area contributed by atoms with Gasteiger partial charge >= 0.3 is 0 Å². The second-order valence-corrected chi connectivity index (χ2v) is 9.21. The van der Waals surface area contributed by atoms with Gasteiger partial charge in [0.15, 0.2) is 0 Å². The first kappa shape index (κ1) is 25.8. The summed E-state index contributed by atoms with van der Waals surface area (Å²) in [6.07, 6.45) is 0.677. The molecule has 0 aliphatic carbocycles. The number of aryl methyl sites for hydroxylation is 1. The zero-order chi connectivity index (χ0) is 26.5. The molecule has 3 N–H and O–H groups in total. The van der Waals surface area contributed by atoms with E-state index in [-0.39, 0.29) is 11.8 Å². The lowest BCUT2D eigenvalue weighted by Gasteiger charge is -2.41. The molecular formula is C30H31FN4O2. The number of benzene rings is 3. The summed E-state index contributed by atoms with van der Waals surface area (Å²) in [6.45, 7) is 6.02. The van der Waals surface area contributed by atoms with Crippen molar-refractivity contribution in [3.05, 3.63) is 113 Å². The average molecular weight is 499 g/mol. The number of rotatable bonds is 6. The zero-order valence-corrected chi connectivity index (χ0v) is 21.2. The van der Waals surface area contributed by atoms with Gasteiger partial charge in [0.2, 0.25) is 0 Å². The fraction of sp³-hybridized carbons (Fsp3) is 0.233. The number of para-hydroxylation sites is 1. The van der Waals surface area contributed by atoms with Crippen molar-refractivity contribution < 1.29 is 14.0 Å². The van der Waals surface area contributed by atoms with Crippen LogP contribution in [-0.4, -0.2) is 35.1 Å². The first-order valence-corrected chi connectivity index (χ1v) is 12.3. The number of likely N-dealkylation sites (tertiary alicyclic amines) is 1. The minimum absolute atomic E-state index is 0.295. The zero-order valence-electron chi connectivity index (χ0n) is 21.2. The number of hydrogen-bond acceptors (Lipinski definition) is 4. The number of allylic oxidation sites excluding steroid dienone is 1. The number of nitrogens with zero attached hydrogens (tertiary/aromatic N) is 2. The highest BCUT2D eigenvalue weighted by molar-refractivity contribution is 6.15. The van der Waals surface area contributed by atoms with Crippen molar-refractivity contribution in [3.63, 3.8) is 0 Å². The molecule has 7 heteroatoms. The maximum absolute atomic E-state index is 14.1. The van der Waals surface area contributed by atoms with Crippen LogP contribution in [0.3, 0.4) is 0 Å². The molecule has 6 nitrogen and oxygen atoms in total. The molecule has 0 saturated carbocycles. The van der Waals surface area contributed by atoms with Gasteiger partial charge in [-0.15, -0.1) is 0 Å². The normalized spacial score (nSPS) is 20.2. The number of amides is 2. The van der Waals surface area contributed by atoms with Gasteiger partial charge in [0.25, 0.3) is 11.8 Å².